The number of aliphatic hydroxyl groups is 1. The summed E-state index contributed by atoms with van der Waals surface area (Å²) in [4.78, 5) is 42.0. The molecule has 45 heavy (non-hydrogen) atoms. The van der Waals surface area contributed by atoms with Crippen molar-refractivity contribution < 1.29 is 39.5 Å². The highest BCUT2D eigenvalue weighted by atomic mass is 16.5. The molecule has 5 atom stereocenters. The molecule has 1 aliphatic heterocycles. The molecule has 2 amide bonds. The molecule has 10 nitrogen and oxygen atoms in total. The van der Waals surface area contributed by atoms with Gasteiger partial charge in [-0.15, -0.1) is 0 Å². The summed E-state index contributed by atoms with van der Waals surface area (Å²) in [6, 6.07) is 8.34. The Hall–Kier alpha value is -3.79. The Morgan fingerprint density at radius 2 is 1.62 bits per heavy atom. The first-order chi connectivity index (χ1) is 21.1. The largest absolute Gasteiger partial charge is 0.508 e. The molecule has 0 aromatic heterocycles. The van der Waals surface area contributed by atoms with Crippen LogP contribution >= 0.6 is 0 Å². The van der Waals surface area contributed by atoms with Crippen molar-refractivity contribution in [3.05, 3.63) is 53.6 Å². The van der Waals surface area contributed by atoms with Crippen LogP contribution in [0.25, 0.3) is 0 Å². The van der Waals surface area contributed by atoms with Gasteiger partial charge in [0.2, 0.25) is 11.8 Å². The van der Waals surface area contributed by atoms with Gasteiger partial charge in [0, 0.05) is 19.4 Å². The van der Waals surface area contributed by atoms with Crippen LogP contribution in [-0.2, 0) is 32.0 Å². The second kappa shape index (κ2) is 13.7. The topological polar surface area (TPSA) is 157 Å². The van der Waals surface area contributed by atoms with Crippen molar-refractivity contribution >= 4 is 17.8 Å². The van der Waals surface area contributed by atoms with Crippen molar-refractivity contribution in [3.63, 3.8) is 0 Å². The van der Waals surface area contributed by atoms with Crippen LogP contribution in [-0.4, -0.2) is 73.9 Å². The highest BCUT2D eigenvalue weighted by Gasteiger charge is 2.49. The summed E-state index contributed by atoms with van der Waals surface area (Å²) in [6.07, 6.45) is 2.06. The number of carbonyl (C=O) groups excluding carboxylic acids is 3. The lowest BCUT2D eigenvalue weighted by molar-refractivity contribution is -0.159. The summed E-state index contributed by atoms with van der Waals surface area (Å²) >= 11 is 0. The van der Waals surface area contributed by atoms with Gasteiger partial charge in [0.15, 0.2) is 11.5 Å². The van der Waals surface area contributed by atoms with E-state index in [-0.39, 0.29) is 47.0 Å². The Morgan fingerprint density at radius 3 is 2.24 bits per heavy atom. The molecule has 5 unspecified atom stereocenters. The summed E-state index contributed by atoms with van der Waals surface area (Å²) in [6.45, 7) is 11.4. The number of nitrogens with zero attached hydrogens (tertiary/aromatic N) is 1. The van der Waals surface area contributed by atoms with Crippen molar-refractivity contribution in [1.29, 1.82) is 0 Å². The lowest BCUT2D eigenvalue weighted by Gasteiger charge is -2.40. The highest BCUT2D eigenvalue weighted by molar-refractivity contribution is 5.92. The molecule has 1 saturated carbocycles. The molecule has 10 heteroatoms. The number of esters is 1. The number of phenols is 3. The van der Waals surface area contributed by atoms with Gasteiger partial charge in [-0.3, -0.25) is 9.59 Å². The zero-order valence-electron chi connectivity index (χ0n) is 27.0. The molecule has 5 N–H and O–H groups in total. The standard InChI is InChI=1S/C35H48N2O8/c1-21(17-24-14-15-34(2,3)35(24,4)5)45-33(44)27-7-6-16-37(27)32(43)26(18-22-8-11-25(38)12-9-22)36-31(42)30(41)20-23-10-13-28(39)29(40)19-23/h8-13,19,21,24,26-27,30,38-41H,6-7,14-18,20H2,1-5H3,(H,36,42). The average Bonchev–Trinajstić information content (AvgIpc) is 3.54. The van der Waals surface area contributed by atoms with Crippen molar-refractivity contribution in [2.45, 2.75) is 104 Å². The quantitative estimate of drug-likeness (QED) is 0.184. The van der Waals surface area contributed by atoms with Crippen LogP contribution in [0, 0.1) is 16.7 Å². The first-order valence-electron chi connectivity index (χ1n) is 15.9. The predicted molar refractivity (Wildman–Crippen MR) is 168 cm³/mol. The minimum Gasteiger partial charge on any atom is -0.508 e. The third kappa shape index (κ3) is 7.90. The molecule has 1 aliphatic carbocycles. The zero-order chi connectivity index (χ0) is 33.1. The molecule has 246 valence electrons. The van der Waals surface area contributed by atoms with Gasteiger partial charge >= 0.3 is 5.97 Å². The van der Waals surface area contributed by atoms with Gasteiger partial charge in [-0.1, -0.05) is 45.9 Å². The van der Waals surface area contributed by atoms with Gasteiger partial charge in [-0.05, 0) is 91.2 Å². The van der Waals surface area contributed by atoms with Gasteiger partial charge in [-0.25, -0.2) is 4.79 Å². The van der Waals surface area contributed by atoms with Crippen LogP contribution in [0.3, 0.4) is 0 Å². The summed E-state index contributed by atoms with van der Waals surface area (Å²) < 4.78 is 5.93. The average molecular weight is 625 g/mol. The number of ether oxygens (including phenoxy) is 1. The van der Waals surface area contributed by atoms with Crippen molar-refractivity contribution in [3.8, 4) is 17.2 Å². The van der Waals surface area contributed by atoms with Gasteiger partial charge in [0.1, 0.15) is 23.9 Å². The van der Waals surface area contributed by atoms with E-state index >= 15 is 0 Å². The highest BCUT2D eigenvalue weighted by Crippen LogP contribution is 2.57. The minimum absolute atomic E-state index is 0.0549. The summed E-state index contributed by atoms with van der Waals surface area (Å²) in [7, 11) is 0. The molecule has 4 rings (SSSR count). The molecule has 2 fully saturated rings. The predicted octanol–water partition coefficient (Wildman–Crippen LogP) is 4.21. The number of carbonyl (C=O) groups is 3. The van der Waals surface area contributed by atoms with E-state index in [9.17, 15) is 34.8 Å². The number of aliphatic hydroxyl groups excluding tert-OH is 1. The first kappa shape index (κ1) is 34.1. The Balaban J connectivity index is 1.45. The van der Waals surface area contributed by atoms with Crippen LogP contribution in [0.1, 0.15) is 77.8 Å². The van der Waals surface area contributed by atoms with Crippen molar-refractivity contribution in [2.75, 3.05) is 6.54 Å². The summed E-state index contributed by atoms with van der Waals surface area (Å²) in [5.74, 6) is -1.94. The van der Waals surface area contributed by atoms with E-state index in [2.05, 4.69) is 33.0 Å². The molecule has 2 aromatic carbocycles. The van der Waals surface area contributed by atoms with Gasteiger partial charge in [0.05, 0.1) is 6.10 Å². The van der Waals surface area contributed by atoms with Crippen molar-refractivity contribution in [2.24, 2.45) is 16.7 Å². The van der Waals surface area contributed by atoms with E-state index in [0.717, 1.165) is 19.3 Å². The Morgan fingerprint density at radius 1 is 0.956 bits per heavy atom. The molecule has 2 aliphatic rings. The molecular weight excluding hydrogens is 576 g/mol. The monoisotopic (exact) mass is 624 g/mol. The number of likely N-dealkylation sites (tertiary alicyclic amines) is 1. The number of hydrogen-bond donors (Lipinski definition) is 5. The lowest BCUT2D eigenvalue weighted by Crippen LogP contribution is -2.54. The molecule has 0 radical (unpaired) electrons. The van der Waals surface area contributed by atoms with Crippen LogP contribution in [0.4, 0.5) is 0 Å². The number of benzene rings is 2. The number of aromatic hydroxyl groups is 3. The fraction of sp³-hybridized carbons (Fsp3) is 0.571. The van der Waals surface area contributed by atoms with Crippen LogP contribution in [0.5, 0.6) is 17.2 Å². The van der Waals surface area contributed by atoms with Crippen LogP contribution in [0.15, 0.2) is 42.5 Å². The third-order valence-electron chi connectivity index (χ3n) is 10.4. The van der Waals surface area contributed by atoms with Gasteiger partial charge < -0.3 is 35.4 Å². The zero-order valence-corrected chi connectivity index (χ0v) is 27.0. The van der Waals surface area contributed by atoms with Crippen molar-refractivity contribution in [1.82, 2.24) is 10.2 Å². The fourth-order valence-electron chi connectivity index (χ4n) is 6.73. The first-order valence-corrected chi connectivity index (χ1v) is 15.9. The van der Waals surface area contributed by atoms with Crippen LogP contribution in [0.2, 0.25) is 0 Å². The molecular formula is C35H48N2O8. The fourth-order valence-corrected chi connectivity index (χ4v) is 6.73. The summed E-state index contributed by atoms with van der Waals surface area (Å²) in [5.41, 5.74) is 1.39. The lowest BCUT2D eigenvalue weighted by atomic mass is 9.66. The Bertz CT molecular complexity index is 1370. The van der Waals surface area contributed by atoms with E-state index in [1.165, 1.54) is 35.2 Å². The Labute approximate surface area is 265 Å². The normalized spacial score (nSPS) is 22.4. The number of amides is 2. The maximum atomic E-state index is 14.0. The molecule has 0 spiro atoms. The Kier molecular flexibility index (Phi) is 10.4. The van der Waals surface area contributed by atoms with Crippen LogP contribution < -0.4 is 5.32 Å². The molecule has 1 saturated heterocycles. The SMILES string of the molecule is CC(CC1CCC(C)(C)C1(C)C)OC(=O)C1CCCN1C(=O)C(Cc1ccc(O)cc1)NC(=O)C(O)Cc1ccc(O)c(O)c1. The molecule has 2 aromatic rings. The maximum absolute atomic E-state index is 14.0. The van der Waals surface area contributed by atoms with E-state index < -0.39 is 36.0 Å². The number of nitrogens with one attached hydrogen (secondary N) is 1. The van der Waals surface area contributed by atoms with E-state index in [1.54, 1.807) is 12.1 Å². The second-order valence-corrected chi connectivity index (χ2v) is 14.0. The minimum atomic E-state index is -1.55. The summed E-state index contributed by atoms with van der Waals surface area (Å²) in [5, 5.41) is 42.4. The van der Waals surface area contributed by atoms with Gasteiger partial charge in [0.25, 0.3) is 0 Å². The molecule has 1 heterocycles. The second-order valence-electron chi connectivity index (χ2n) is 14.0. The van der Waals surface area contributed by atoms with E-state index in [4.69, 9.17) is 4.74 Å². The van der Waals surface area contributed by atoms with Gasteiger partial charge in [-0.2, -0.15) is 0 Å². The number of phenolic OH excluding ortho intramolecular Hbond substituents is 3. The number of rotatable bonds is 11. The molecule has 0 bridgehead atoms. The third-order valence-corrected chi connectivity index (χ3v) is 10.4. The van der Waals surface area contributed by atoms with E-state index in [0.29, 0.717) is 36.4 Å². The maximum Gasteiger partial charge on any atom is 0.329 e. The van der Waals surface area contributed by atoms with E-state index in [1.807, 2.05) is 6.92 Å². The number of hydrogen-bond acceptors (Lipinski definition) is 8. The smallest absolute Gasteiger partial charge is 0.329 e.